The minimum Gasteiger partial charge on any atom is -0.379 e. The lowest BCUT2D eigenvalue weighted by molar-refractivity contribution is -0.142. The zero-order valence-electron chi connectivity index (χ0n) is 13.3. The van der Waals surface area contributed by atoms with Crippen molar-refractivity contribution in [1.82, 2.24) is 4.90 Å². The summed E-state index contributed by atoms with van der Waals surface area (Å²) in [6.45, 7) is 4.50. The number of nitriles is 1. The van der Waals surface area contributed by atoms with Gasteiger partial charge in [0.1, 0.15) is 11.3 Å². The van der Waals surface area contributed by atoms with Gasteiger partial charge in [0.2, 0.25) is 0 Å². The molecule has 3 atom stereocenters. The maximum atomic E-state index is 12.6. The largest absolute Gasteiger partial charge is 0.379 e. The lowest BCUT2D eigenvalue weighted by atomic mass is 9.43. The minimum atomic E-state index is -0.584. The van der Waals surface area contributed by atoms with Crippen molar-refractivity contribution in [3.63, 3.8) is 0 Å². The van der Waals surface area contributed by atoms with Crippen LogP contribution in [0.1, 0.15) is 24.5 Å². The number of ketones is 1. The molecule has 3 aliphatic rings. The first-order valence-electron chi connectivity index (χ1n) is 8.18. The van der Waals surface area contributed by atoms with Crippen molar-refractivity contribution in [2.45, 2.75) is 24.3 Å². The summed E-state index contributed by atoms with van der Waals surface area (Å²) in [5.41, 5.74) is 1.06. The Morgan fingerprint density at radius 3 is 2.78 bits per heavy atom. The van der Waals surface area contributed by atoms with Gasteiger partial charge in [0.25, 0.3) is 0 Å². The molecule has 0 aromatic heterocycles. The number of carbonyl (C=O) groups is 1. The summed E-state index contributed by atoms with van der Waals surface area (Å²) < 4.78 is 5.44. The van der Waals surface area contributed by atoms with Gasteiger partial charge in [-0.15, -0.1) is 0 Å². The van der Waals surface area contributed by atoms with Crippen LogP contribution in [0.3, 0.4) is 0 Å². The van der Waals surface area contributed by atoms with E-state index < -0.39 is 11.0 Å². The summed E-state index contributed by atoms with van der Waals surface area (Å²) >= 11 is 0. The van der Waals surface area contributed by atoms with Crippen LogP contribution < -0.4 is 0 Å². The zero-order chi connectivity index (χ0) is 16.1. The van der Waals surface area contributed by atoms with Crippen LogP contribution in [0.15, 0.2) is 30.3 Å². The van der Waals surface area contributed by atoms with Gasteiger partial charge in [-0.3, -0.25) is 9.69 Å². The quantitative estimate of drug-likeness (QED) is 0.840. The van der Waals surface area contributed by atoms with Crippen molar-refractivity contribution in [1.29, 1.82) is 5.26 Å². The van der Waals surface area contributed by atoms with Gasteiger partial charge in [0, 0.05) is 19.0 Å². The van der Waals surface area contributed by atoms with Crippen LogP contribution >= 0.6 is 0 Å². The number of Topliss-reactive ketones (excluding diaryl/α,β-unsaturated/α-hetero) is 1. The van der Waals surface area contributed by atoms with Gasteiger partial charge >= 0.3 is 0 Å². The molecule has 0 radical (unpaired) electrons. The first-order chi connectivity index (χ1) is 11.1. The van der Waals surface area contributed by atoms with Crippen molar-refractivity contribution in [3.05, 3.63) is 41.5 Å². The second-order valence-electron chi connectivity index (χ2n) is 6.76. The van der Waals surface area contributed by atoms with Crippen molar-refractivity contribution < 1.29 is 9.53 Å². The summed E-state index contributed by atoms with van der Waals surface area (Å²) in [7, 11) is 0. The number of benzene rings is 1. The lowest BCUT2D eigenvalue weighted by Crippen LogP contribution is -2.73. The molecule has 1 saturated carbocycles. The van der Waals surface area contributed by atoms with Crippen LogP contribution in [0.4, 0.5) is 0 Å². The van der Waals surface area contributed by atoms with E-state index in [4.69, 9.17) is 4.74 Å². The molecule has 0 bridgehead atoms. The number of hydrogen-bond acceptors (Lipinski definition) is 4. The Morgan fingerprint density at radius 2 is 2.09 bits per heavy atom. The minimum absolute atomic E-state index is 0.0782. The Hall–Kier alpha value is -1.96. The summed E-state index contributed by atoms with van der Waals surface area (Å²) in [5.74, 6) is 0.0870. The van der Waals surface area contributed by atoms with Gasteiger partial charge in [-0.25, -0.2) is 0 Å². The zero-order valence-corrected chi connectivity index (χ0v) is 13.3. The van der Waals surface area contributed by atoms with Gasteiger partial charge in [-0.05, 0) is 24.5 Å². The molecule has 1 aromatic rings. The molecule has 1 aliphatic heterocycles. The maximum Gasteiger partial charge on any atom is 0.141 e. The van der Waals surface area contributed by atoms with Gasteiger partial charge < -0.3 is 4.74 Å². The summed E-state index contributed by atoms with van der Waals surface area (Å²) in [5, 5.41) is 9.99. The molecule has 4 nitrogen and oxygen atoms in total. The first kappa shape index (κ1) is 14.6. The molecule has 1 heterocycles. The predicted molar refractivity (Wildman–Crippen MR) is 86.7 cm³/mol. The highest BCUT2D eigenvalue weighted by Crippen LogP contribution is 2.61. The number of fused-ring (bicyclic) bond motifs is 3. The molecule has 118 valence electrons. The Kier molecular flexibility index (Phi) is 3.19. The van der Waals surface area contributed by atoms with E-state index in [9.17, 15) is 10.1 Å². The number of rotatable bonds is 2. The van der Waals surface area contributed by atoms with Crippen molar-refractivity contribution in [2.75, 3.05) is 26.3 Å². The van der Waals surface area contributed by atoms with E-state index in [2.05, 4.69) is 23.1 Å². The van der Waals surface area contributed by atoms with Gasteiger partial charge in [0.05, 0.1) is 24.7 Å². The van der Waals surface area contributed by atoms with E-state index in [1.807, 2.05) is 24.3 Å². The predicted octanol–water partition coefficient (Wildman–Crippen LogP) is 2.15. The smallest absolute Gasteiger partial charge is 0.141 e. The van der Waals surface area contributed by atoms with E-state index in [0.29, 0.717) is 19.6 Å². The average molecular weight is 308 g/mol. The molecule has 2 fully saturated rings. The molecule has 0 spiro atoms. The molecule has 23 heavy (non-hydrogen) atoms. The number of nitrogens with zero attached hydrogens (tertiary/aromatic N) is 2. The second kappa shape index (κ2) is 5.02. The van der Waals surface area contributed by atoms with Crippen LogP contribution in [-0.2, 0) is 14.9 Å². The average Bonchev–Trinajstić information content (AvgIpc) is 2.57. The van der Waals surface area contributed by atoms with Crippen LogP contribution in [-0.4, -0.2) is 42.5 Å². The first-order valence-corrected chi connectivity index (χ1v) is 8.18. The molecule has 4 heteroatoms. The molecule has 1 saturated heterocycles. The number of morpholine rings is 1. The fourth-order valence-electron chi connectivity index (χ4n) is 4.74. The normalized spacial score (nSPS) is 35.6. The van der Waals surface area contributed by atoms with Crippen LogP contribution in [0, 0.1) is 17.2 Å². The van der Waals surface area contributed by atoms with Gasteiger partial charge in [-0.2, -0.15) is 5.26 Å². The van der Waals surface area contributed by atoms with E-state index in [-0.39, 0.29) is 11.7 Å². The summed E-state index contributed by atoms with van der Waals surface area (Å²) in [6.07, 6.45) is 4.75. The fraction of sp³-hybridized carbons (Fsp3) is 0.474. The number of ether oxygens (including phenoxy) is 1. The molecule has 1 unspecified atom stereocenters. The Bertz CT molecular complexity index is 729. The Balaban J connectivity index is 1.81. The van der Waals surface area contributed by atoms with E-state index in [1.54, 1.807) is 6.92 Å². The highest BCUT2D eigenvalue weighted by Gasteiger charge is 2.69. The highest BCUT2D eigenvalue weighted by atomic mass is 16.5. The third kappa shape index (κ3) is 1.75. The topological polar surface area (TPSA) is 53.3 Å². The Labute approximate surface area is 136 Å². The molecule has 2 aliphatic carbocycles. The molecular weight excluding hydrogens is 288 g/mol. The second-order valence-corrected chi connectivity index (χ2v) is 6.76. The summed E-state index contributed by atoms with van der Waals surface area (Å²) in [6, 6.07) is 10.6. The van der Waals surface area contributed by atoms with Crippen molar-refractivity contribution in [3.8, 4) is 6.07 Å². The highest BCUT2D eigenvalue weighted by molar-refractivity contribution is 5.94. The van der Waals surface area contributed by atoms with Crippen molar-refractivity contribution in [2.24, 2.45) is 5.92 Å². The van der Waals surface area contributed by atoms with Gasteiger partial charge in [0.15, 0.2) is 0 Å². The third-order valence-electron chi connectivity index (χ3n) is 5.90. The standard InChI is InChI=1S/C19H20N2O2/c1-14(22)19-12-18(13-20,21-8-10-23-11-9-21)17(19)7-6-15-4-2-3-5-16(15)19/h2-7,17H,8-12H2,1H3/t17-,18?,19+/m0/s1. The van der Waals surface area contributed by atoms with Crippen LogP contribution in [0.2, 0.25) is 0 Å². The molecule has 1 aromatic carbocycles. The fourth-order valence-corrected chi connectivity index (χ4v) is 4.74. The van der Waals surface area contributed by atoms with Crippen molar-refractivity contribution >= 4 is 11.9 Å². The molecular formula is C19H20N2O2. The Morgan fingerprint density at radius 1 is 1.35 bits per heavy atom. The van der Waals surface area contributed by atoms with E-state index in [0.717, 1.165) is 24.2 Å². The lowest BCUT2D eigenvalue weighted by Gasteiger charge is -2.63. The van der Waals surface area contributed by atoms with E-state index >= 15 is 0 Å². The van der Waals surface area contributed by atoms with Crippen LogP contribution in [0.5, 0.6) is 0 Å². The monoisotopic (exact) mass is 308 g/mol. The number of carbonyl (C=O) groups excluding carboxylic acids is 1. The molecule has 4 rings (SSSR count). The third-order valence-corrected chi connectivity index (χ3v) is 5.90. The SMILES string of the molecule is CC(=O)[C@@]12CC(C#N)(N3CCOCC3)[C@@H]1C=Cc1ccccc12. The molecule has 0 N–H and O–H groups in total. The maximum absolute atomic E-state index is 12.6. The molecule has 0 amide bonds. The summed E-state index contributed by atoms with van der Waals surface area (Å²) in [4.78, 5) is 14.9. The van der Waals surface area contributed by atoms with Gasteiger partial charge in [-0.1, -0.05) is 36.4 Å². The van der Waals surface area contributed by atoms with Crippen LogP contribution in [0.25, 0.3) is 6.08 Å². The van der Waals surface area contributed by atoms with E-state index in [1.165, 1.54) is 0 Å². The number of hydrogen-bond donors (Lipinski definition) is 0.